The smallest absolute Gasteiger partial charge is 0.228 e. The highest BCUT2D eigenvalue weighted by Crippen LogP contribution is 2.35. The van der Waals surface area contributed by atoms with Crippen LogP contribution in [-0.2, 0) is 22.6 Å². The summed E-state index contributed by atoms with van der Waals surface area (Å²) >= 11 is 6.02. The van der Waals surface area contributed by atoms with Crippen LogP contribution in [0, 0.1) is 5.92 Å². The van der Waals surface area contributed by atoms with Crippen molar-refractivity contribution < 1.29 is 9.59 Å². The number of fused-ring (bicyclic) bond motifs is 1. The van der Waals surface area contributed by atoms with Gasteiger partial charge in [-0.2, -0.15) is 9.97 Å². The van der Waals surface area contributed by atoms with Crippen molar-refractivity contribution in [2.45, 2.75) is 44.7 Å². The number of hydrogen-bond acceptors (Lipinski definition) is 8. The molecule has 12 heteroatoms. The van der Waals surface area contributed by atoms with Gasteiger partial charge in [-0.1, -0.05) is 24.3 Å². The summed E-state index contributed by atoms with van der Waals surface area (Å²) in [6, 6.07) is 15.7. The van der Waals surface area contributed by atoms with E-state index in [9.17, 15) is 9.59 Å². The molecule has 1 aliphatic carbocycles. The summed E-state index contributed by atoms with van der Waals surface area (Å²) in [6.07, 6.45) is 5.12. The van der Waals surface area contributed by atoms with Crippen molar-refractivity contribution >= 4 is 51.8 Å². The van der Waals surface area contributed by atoms with Crippen molar-refractivity contribution in [3.63, 3.8) is 0 Å². The number of rotatable bonds is 8. The van der Waals surface area contributed by atoms with Gasteiger partial charge in [-0.3, -0.25) is 14.5 Å². The Morgan fingerprint density at radius 1 is 0.886 bits per heavy atom. The van der Waals surface area contributed by atoms with Crippen LogP contribution in [0.25, 0.3) is 11.2 Å². The van der Waals surface area contributed by atoms with Crippen LogP contribution in [0.2, 0.25) is 5.28 Å². The van der Waals surface area contributed by atoms with E-state index in [1.165, 1.54) is 5.56 Å². The number of anilines is 3. The largest absolute Gasteiger partial charge is 0.382 e. The van der Waals surface area contributed by atoms with E-state index in [2.05, 4.69) is 54.6 Å². The topological polar surface area (TPSA) is 134 Å². The highest BCUT2D eigenvalue weighted by atomic mass is 35.5. The molecule has 0 spiro atoms. The first kappa shape index (κ1) is 30.0. The molecule has 3 heterocycles. The molecule has 2 amide bonds. The maximum atomic E-state index is 13.0. The Hall–Kier alpha value is -4.06. The molecule has 0 radical (unpaired) electrons. The van der Waals surface area contributed by atoms with E-state index in [4.69, 9.17) is 17.3 Å². The molecule has 2 aliphatic rings. The van der Waals surface area contributed by atoms with E-state index in [0.29, 0.717) is 11.2 Å². The first-order valence-electron chi connectivity index (χ1n) is 15.2. The lowest BCUT2D eigenvalue weighted by Crippen LogP contribution is -2.43. The van der Waals surface area contributed by atoms with Crippen LogP contribution < -0.4 is 16.4 Å². The van der Waals surface area contributed by atoms with E-state index in [1.54, 1.807) is 6.33 Å². The van der Waals surface area contributed by atoms with Gasteiger partial charge >= 0.3 is 0 Å². The van der Waals surface area contributed by atoms with E-state index < -0.39 is 0 Å². The van der Waals surface area contributed by atoms with Crippen molar-refractivity contribution in [3.05, 3.63) is 71.3 Å². The van der Waals surface area contributed by atoms with Gasteiger partial charge in [-0.15, -0.1) is 0 Å². The van der Waals surface area contributed by atoms with E-state index >= 15 is 0 Å². The van der Waals surface area contributed by atoms with Crippen molar-refractivity contribution in [2.75, 3.05) is 49.6 Å². The van der Waals surface area contributed by atoms with Crippen LogP contribution in [0.1, 0.15) is 42.9 Å². The highest BCUT2D eigenvalue weighted by molar-refractivity contribution is 6.28. The van der Waals surface area contributed by atoms with E-state index in [0.717, 1.165) is 75.3 Å². The van der Waals surface area contributed by atoms with Gasteiger partial charge in [0.05, 0.1) is 12.7 Å². The second-order valence-corrected chi connectivity index (χ2v) is 12.2. The standard InChI is InChI=1S/C32H38ClN9O2/c1-40-14-16-41(17-15-40)19-22-4-10-24(11-5-22)36-27(43)18-21-2-8-25(9-3-21)37-31(44)23-6-12-26(13-7-23)42-20-35-28-29(34)38-32(33)39-30(28)42/h2-5,8-11,20,23,26H,6-7,12-19H2,1H3,(H,36,43)(H,37,44)(H2,34,38,39)/t23-,26+. The van der Waals surface area contributed by atoms with Crippen LogP contribution in [0.3, 0.4) is 0 Å². The summed E-state index contributed by atoms with van der Waals surface area (Å²) in [4.78, 5) is 43.2. The maximum absolute atomic E-state index is 13.0. The predicted octanol–water partition coefficient (Wildman–Crippen LogP) is 4.36. The molecule has 1 saturated carbocycles. The summed E-state index contributed by atoms with van der Waals surface area (Å²) in [6.45, 7) is 5.27. The van der Waals surface area contributed by atoms with Gasteiger partial charge in [0.25, 0.3) is 0 Å². The average Bonchev–Trinajstić information content (AvgIpc) is 3.44. The van der Waals surface area contributed by atoms with Crippen molar-refractivity contribution in [1.82, 2.24) is 29.3 Å². The quantitative estimate of drug-likeness (QED) is 0.249. The molecular weight excluding hydrogens is 578 g/mol. The van der Waals surface area contributed by atoms with Crippen molar-refractivity contribution in [1.29, 1.82) is 0 Å². The zero-order chi connectivity index (χ0) is 30.6. The average molecular weight is 616 g/mol. The number of piperazine rings is 1. The Balaban J connectivity index is 0.952. The summed E-state index contributed by atoms with van der Waals surface area (Å²) in [5, 5.41) is 6.13. The molecule has 1 aliphatic heterocycles. The van der Waals surface area contributed by atoms with Crippen LogP contribution in [0.15, 0.2) is 54.9 Å². The Bertz CT molecular complexity index is 1610. The molecule has 2 aromatic carbocycles. The monoisotopic (exact) mass is 615 g/mol. The highest BCUT2D eigenvalue weighted by Gasteiger charge is 2.28. The van der Waals surface area contributed by atoms with Crippen LogP contribution in [-0.4, -0.2) is 74.4 Å². The molecule has 0 atom stereocenters. The lowest BCUT2D eigenvalue weighted by Gasteiger charge is -2.32. The second kappa shape index (κ2) is 13.3. The molecule has 4 N–H and O–H groups in total. The Kier molecular flexibility index (Phi) is 9.06. The fourth-order valence-electron chi connectivity index (χ4n) is 6.09. The predicted molar refractivity (Wildman–Crippen MR) is 172 cm³/mol. The molecule has 4 aromatic rings. The molecule has 230 valence electrons. The van der Waals surface area contributed by atoms with Crippen LogP contribution >= 0.6 is 11.6 Å². The summed E-state index contributed by atoms with van der Waals surface area (Å²) in [5.41, 5.74) is 10.7. The zero-order valence-corrected chi connectivity index (χ0v) is 25.6. The van der Waals surface area contributed by atoms with Gasteiger partial charge in [-0.25, -0.2) is 4.98 Å². The van der Waals surface area contributed by atoms with Gasteiger partial charge in [0, 0.05) is 56.1 Å². The third-order valence-corrected chi connectivity index (χ3v) is 8.88. The Morgan fingerprint density at radius 3 is 2.20 bits per heavy atom. The number of nitrogens with zero attached hydrogens (tertiary/aromatic N) is 6. The normalized spacial score (nSPS) is 19.6. The molecule has 6 rings (SSSR count). The van der Waals surface area contributed by atoms with Gasteiger partial charge in [0.2, 0.25) is 17.1 Å². The second-order valence-electron chi connectivity index (χ2n) is 11.9. The molecular formula is C32H38ClN9O2. The lowest BCUT2D eigenvalue weighted by atomic mass is 9.85. The van der Waals surface area contributed by atoms with Crippen molar-refractivity contribution in [3.8, 4) is 0 Å². The van der Waals surface area contributed by atoms with Gasteiger partial charge in [0.15, 0.2) is 11.5 Å². The summed E-state index contributed by atoms with van der Waals surface area (Å²) in [5.74, 6) is 0.116. The third kappa shape index (κ3) is 7.18. The minimum atomic E-state index is -0.0808. The third-order valence-electron chi connectivity index (χ3n) is 8.71. The van der Waals surface area contributed by atoms with Crippen LogP contribution in [0.4, 0.5) is 17.2 Å². The van der Waals surface area contributed by atoms with Gasteiger partial charge < -0.3 is 25.8 Å². The van der Waals surface area contributed by atoms with Crippen LogP contribution in [0.5, 0.6) is 0 Å². The maximum Gasteiger partial charge on any atom is 0.228 e. The molecule has 11 nitrogen and oxygen atoms in total. The number of carbonyl (C=O) groups is 2. The Morgan fingerprint density at radius 2 is 1.52 bits per heavy atom. The zero-order valence-electron chi connectivity index (χ0n) is 24.9. The molecule has 2 aromatic heterocycles. The number of carbonyl (C=O) groups excluding carboxylic acids is 2. The molecule has 0 bridgehead atoms. The molecule has 0 unspecified atom stereocenters. The number of benzene rings is 2. The number of amides is 2. The van der Waals surface area contributed by atoms with Gasteiger partial charge in [0.1, 0.15) is 5.52 Å². The summed E-state index contributed by atoms with van der Waals surface area (Å²) < 4.78 is 1.99. The van der Waals surface area contributed by atoms with E-state index in [1.807, 2.05) is 41.0 Å². The Labute approximate surface area is 261 Å². The molecule has 1 saturated heterocycles. The number of aromatic nitrogens is 4. The number of likely N-dealkylation sites (N-methyl/N-ethyl adjacent to an activating group) is 1. The number of hydrogen-bond donors (Lipinski definition) is 3. The first-order chi connectivity index (χ1) is 21.3. The fraction of sp³-hybridized carbons (Fsp3) is 0.406. The number of imidazole rings is 1. The SMILES string of the molecule is CN1CCN(Cc2ccc(NC(=O)Cc3ccc(NC(=O)[C@H]4CC[C@@H](n5cnc6c(N)nc(Cl)nc65)CC4)cc3)cc2)CC1. The summed E-state index contributed by atoms with van der Waals surface area (Å²) in [7, 11) is 2.16. The molecule has 2 fully saturated rings. The van der Waals surface area contributed by atoms with E-state index in [-0.39, 0.29) is 41.3 Å². The lowest BCUT2D eigenvalue weighted by molar-refractivity contribution is -0.121. The van der Waals surface area contributed by atoms with Gasteiger partial charge in [-0.05, 0) is 79.7 Å². The first-order valence-corrected chi connectivity index (χ1v) is 15.5. The number of nitrogens with one attached hydrogen (secondary N) is 2. The number of nitrogens with two attached hydrogens (primary N) is 1. The fourth-order valence-corrected chi connectivity index (χ4v) is 6.26. The minimum Gasteiger partial charge on any atom is -0.382 e. The number of halogens is 1. The van der Waals surface area contributed by atoms with Crippen molar-refractivity contribution in [2.24, 2.45) is 5.92 Å². The molecule has 44 heavy (non-hydrogen) atoms. The minimum absolute atomic E-state index is 0.00937. The number of nitrogen functional groups attached to an aromatic ring is 1.